The van der Waals surface area contributed by atoms with Crippen LogP contribution in [0, 0.1) is 12.0 Å². The van der Waals surface area contributed by atoms with Crippen molar-refractivity contribution in [3.8, 4) is 0 Å². The van der Waals surface area contributed by atoms with Crippen LogP contribution in [-0.2, 0) is 21.7 Å². The van der Waals surface area contributed by atoms with Crippen molar-refractivity contribution in [1.82, 2.24) is 0 Å². The van der Waals surface area contributed by atoms with E-state index < -0.39 is 0 Å². The van der Waals surface area contributed by atoms with E-state index >= 15 is 0 Å². The molecule has 0 amide bonds. The minimum Gasteiger partial charge on any atom is -0.269 e. The van der Waals surface area contributed by atoms with Crippen LogP contribution >= 0.6 is 0 Å². The predicted molar refractivity (Wildman–Crippen MR) is 69.9 cm³/mol. The average Bonchev–Trinajstić information content (AvgIpc) is 2.57. The predicted octanol–water partition coefficient (Wildman–Crippen LogP) is 3.65. The molecule has 16 heavy (non-hydrogen) atoms. The summed E-state index contributed by atoms with van der Waals surface area (Å²) in [6.45, 7) is 7.19. The standard InChI is InChI=1S/C14H23Si.Ti/c1-14(2,3)15-10-12-9-8-11-6-4-5-7-13(11)12;/h8,12H,4-7,10,15H2,1-3H3;/q-1;. The van der Waals surface area contributed by atoms with Crippen LogP contribution < -0.4 is 0 Å². The molecule has 2 rings (SSSR count). The van der Waals surface area contributed by atoms with Gasteiger partial charge in [0.15, 0.2) is 0 Å². The Balaban J connectivity index is 0.00000128. The van der Waals surface area contributed by atoms with Gasteiger partial charge in [0.05, 0.1) is 0 Å². The van der Waals surface area contributed by atoms with Gasteiger partial charge in [0.2, 0.25) is 0 Å². The first kappa shape index (κ1) is 14.5. The fourth-order valence-corrected chi connectivity index (χ4v) is 4.32. The van der Waals surface area contributed by atoms with Crippen molar-refractivity contribution < 1.29 is 21.7 Å². The van der Waals surface area contributed by atoms with E-state index in [1.807, 2.05) is 0 Å². The Morgan fingerprint density at radius 2 is 2.00 bits per heavy atom. The van der Waals surface area contributed by atoms with Gasteiger partial charge in [-0.2, -0.15) is 11.1 Å². The molecule has 88 valence electrons. The van der Waals surface area contributed by atoms with Gasteiger partial charge in [-0.05, 0) is 11.5 Å². The Morgan fingerprint density at radius 1 is 1.31 bits per heavy atom. The topological polar surface area (TPSA) is 0 Å². The summed E-state index contributed by atoms with van der Waals surface area (Å²) in [7, 11) is 0.0562. The molecule has 0 saturated carbocycles. The monoisotopic (exact) mass is 267 g/mol. The molecular weight excluding hydrogens is 244 g/mol. The second kappa shape index (κ2) is 5.84. The van der Waals surface area contributed by atoms with E-state index in [-0.39, 0.29) is 31.2 Å². The number of hydrogen-bond acceptors (Lipinski definition) is 0. The maximum atomic E-state index is 3.61. The Labute approximate surface area is 118 Å². The zero-order chi connectivity index (χ0) is 10.9. The Hall–Kier alpha value is 0.411. The molecule has 0 saturated heterocycles. The van der Waals surface area contributed by atoms with Gasteiger partial charge in [0.25, 0.3) is 0 Å². The minimum atomic E-state index is 0. The molecular formula is C14H23SiTi-. The minimum absolute atomic E-state index is 0. The van der Waals surface area contributed by atoms with Gasteiger partial charge < -0.3 is 0 Å². The van der Waals surface area contributed by atoms with E-state index in [1.165, 1.54) is 31.7 Å². The van der Waals surface area contributed by atoms with Crippen molar-refractivity contribution in [3.05, 3.63) is 23.3 Å². The summed E-state index contributed by atoms with van der Waals surface area (Å²) in [5.41, 5.74) is 3.41. The molecule has 0 bridgehead atoms. The van der Waals surface area contributed by atoms with Gasteiger partial charge >= 0.3 is 0 Å². The van der Waals surface area contributed by atoms with Gasteiger partial charge in [0, 0.05) is 31.2 Å². The largest absolute Gasteiger partial charge is 0.269 e. The molecule has 0 N–H and O–H groups in total. The van der Waals surface area contributed by atoms with Crippen LogP contribution in [0.3, 0.4) is 0 Å². The second-order valence-corrected chi connectivity index (χ2v) is 9.42. The third-order valence-electron chi connectivity index (χ3n) is 3.62. The van der Waals surface area contributed by atoms with Gasteiger partial charge in [0.1, 0.15) is 0 Å². The molecule has 2 aliphatic carbocycles. The smallest absolute Gasteiger partial charge is 0.0253 e. The van der Waals surface area contributed by atoms with Crippen LogP contribution in [0.4, 0.5) is 0 Å². The summed E-state index contributed by atoms with van der Waals surface area (Å²) < 4.78 is 0. The summed E-state index contributed by atoms with van der Waals surface area (Å²) in [5.74, 6) is 0.728. The van der Waals surface area contributed by atoms with E-state index in [0.29, 0.717) is 5.04 Å². The molecule has 2 heteroatoms. The van der Waals surface area contributed by atoms with E-state index in [0.717, 1.165) is 5.92 Å². The maximum Gasteiger partial charge on any atom is 0.0253 e. The Kier molecular flexibility index (Phi) is 5.28. The molecule has 0 aromatic carbocycles. The van der Waals surface area contributed by atoms with E-state index in [1.54, 1.807) is 11.1 Å². The second-order valence-electron chi connectivity index (χ2n) is 6.22. The zero-order valence-corrected chi connectivity index (χ0v) is 13.9. The van der Waals surface area contributed by atoms with Gasteiger partial charge in [-0.15, -0.1) is 0 Å². The van der Waals surface area contributed by atoms with Gasteiger partial charge in [-0.3, -0.25) is 6.08 Å². The fourth-order valence-electron chi connectivity index (χ4n) is 2.65. The molecule has 0 aromatic heterocycles. The molecule has 2 aliphatic rings. The van der Waals surface area contributed by atoms with E-state index in [9.17, 15) is 0 Å². The molecule has 0 aliphatic heterocycles. The SMILES string of the molecule is CC(C)(C)[SiH2]CC1[C-]=CC2=C1CCCC2.[Ti]. The van der Waals surface area contributed by atoms with Crippen molar-refractivity contribution in [2.24, 2.45) is 5.92 Å². The third-order valence-corrected chi connectivity index (χ3v) is 5.98. The number of hydrogen-bond donors (Lipinski definition) is 0. The Morgan fingerprint density at radius 3 is 2.69 bits per heavy atom. The average molecular weight is 267 g/mol. The summed E-state index contributed by atoms with van der Waals surface area (Å²) in [5, 5.41) is 0.611. The first-order chi connectivity index (χ1) is 7.06. The first-order valence-corrected chi connectivity index (χ1v) is 8.08. The molecule has 0 radical (unpaired) electrons. The van der Waals surface area contributed by atoms with Crippen LogP contribution in [0.1, 0.15) is 46.5 Å². The molecule has 0 nitrogen and oxygen atoms in total. The molecule has 1 unspecified atom stereocenters. The third kappa shape index (κ3) is 3.72. The molecule has 0 heterocycles. The summed E-state index contributed by atoms with van der Waals surface area (Å²) in [6.07, 6.45) is 11.4. The van der Waals surface area contributed by atoms with Gasteiger partial charge in [-0.25, -0.2) is 6.08 Å². The van der Waals surface area contributed by atoms with Crippen LogP contribution in [0.5, 0.6) is 0 Å². The maximum absolute atomic E-state index is 3.61. The summed E-state index contributed by atoms with van der Waals surface area (Å²) in [6, 6.07) is 1.44. The molecule has 0 aromatic rings. The summed E-state index contributed by atoms with van der Waals surface area (Å²) in [4.78, 5) is 0. The van der Waals surface area contributed by atoms with Crippen molar-refractivity contribution >= 4 is 9.52 Å². The number of allylic oxidation sites excluding steroid dienone is 4. The van der Waals surface area contributed by atoms with Crippen molar-refractivity contribution in [3.63, 3.8) is 0 Å². The van der Waals surface area contributed by atoms with Crippen LogP contribution in [0.15, 0.2) is 17.2 Å². The zero-order valence-electron chi connectivity index (χ0n) is 10.9. The Bertz CT molecular complexity index is 296. The van der Waals surface area contributed by atoms with Crippen LogP contribution in [0.25, 0.3) is 0 Å². The van der Waals surface area contributed by atoms with Crippen LogP contribution in [0.2, 0.25) is 11.1 Å². The summed E-state index contributed by atoms with van der Waals surface area (Å²) >= 11 is 0. The van der Waals surface area contributed by atoms with Crippen LogP contribution in [-0.4, -0.2) is 9.52 Å². The van der Waals surface area contributed by atoms with Gasteiger partial charge in [-0.1, -0.05) is 52.0 Å². The molecule has 0 fully saturated rings. The molecule has 1 atom stereocenters. The first-order valence-electron chi connectivity index (χ1n) is 6.37. The molecule has 0 spiro atoms. The quantitative estimate of drug-likeness (QED) is 0.529. The normalized spacial score (nSPS) is 25.1. The van der Waals surface area contributed by atoms with Crippen molar-refractivity contribution in [2.45, 2.75) is 57.5 Å². The number of rotatable bonds is 2. The van der Waals surface area contributed by atoms with E-state index in [4.69, 9.17) is 0 Å². The van der Waals surface area contributed by atoms with E-state index in [2.05, 4.69) is 32.9 Å². The van der Waals surface area contributed by atoms with Crippen molar-refractivity contribution in [1.29, 1.82) is 0 Å². The fraction of sp³-hybridized carbons (Fsp3) is 0.714. The van der Waals surface area contributed by atoms with Crippen molar-refractivity contribution in [2.75, 3.05) is 0 Å².